The fraction of sp³-hybridized carbons (Fsp3) is 0.385. The molecule has 2 atom stereocenters. The molecule has 0 aromatic heterocycles. The maximum absolute atomic E-state index is 10.0. The molecule has 0 bridgehead atoms. The maximum Gasteiger partial charge on any atom is 0.0793 e. The highest BCUT2D eigenvalue weighted by atomic mass is 16.3. The molecule has 1 saturated carbocycles. The third-order valence-corrected chi connectivity index (χ3v) is 3.56. The summed E-state index contributed by atoms with van der Waals surface area (Å²) in [5.41, 5.74) is 10.0. The van der Waals surface area contributed by atoms with E-state index in [0.29, 0.717) is 0 Å². The summed E-state index contributed by atoms with van der Waals surface area (Å²) in [6, 6.07) is 8.24. The molecule has 1 heterocycles. The van der Waals surface area contributed by atoms with Gasteiger partial charge in [0.1, 0.15) is 0 Å². The van der Waals surface area contributed by atoms with Gasteiger partial charge in [-0.15, -0.1) is 0 Å². The van der Waals surface area contributed by atoms with Crippen LogP contribution in [0.3, 0.4) is 0 Å². The highest BCUT2D eigenvalue weighted by Crippen LogP contribution is 2.37. The van der Waals surface area contributed by atoms with Gasteiger partial charge in [-0.3, -0.25) is 0 Å². The number of hydrogen-bond donors (Lipinski definition) is 3. The molecule has 16 heavy (non-hydrogen) atoms. The molecule has 1 aromatic rings. The monoisotopic (exact) mass is 216 g/mol. The number of fused-ring (bicyclic) bond motifs is 2. The van der Waals surface area contributed by atoms with Gasteiger partial charge in [-0.25, -0.2) is 0 Å². The molecule has 84 valence electrons. The second-order valence-electron chi connectivity index (χ2n) is 4.56. The standard InChI is InChI=1S/C13H16N2O/c14-13-8-4-1-2-5-9(8)15-10-6-3-7-11(16)12(10)13/h1-2,4-5,10-11,15-16H,3,6-7,14H2/t10?,11-/m1/s1. The van der Waals surface area contributed by atoms with Crippen LogP contribution in [0, 0.1) is 0 Å². The molecule has 3 heteroatoms. The lowest BCUT2D eigenvalue weighted by Gasteiger charge is -2.36. The fourth-order valence-corrected chi connectivity index (χ4v) is 2.76. The van der Waals surface area contributed by atoms with Gasteiger partial charge >= 0.3 is 0 Å². The Bertz CT molecular complexity index is 453. The van der Waals surface area contributed by atoms with E-state index in [1.165, 1.54) is 0 Å². The number of benzene rings is 1. The molecule has 0 spiro atoms. The first-order chi connectivity index (χ1) is 7.77. The zero-order valence-corrected chi connectivity index (χ0v) is 9.11. The molecule has 1 aliphatic heterocycles. The van der Waals surface area contributed by atoms with E-state index in [9.17, 15) is 5.11 Å². The van der Waals surface area contributed by atoms with E-state index < -0.39 is 0 Å². The number of anilines is 1. The molecule has 3 nitrogen and oxygen atoms in total. The Hall–Kier alpha value is -1.48. The van der Waals surface area contributed by atoms with Crippen molar-refractivity contribution in [2.45, 2.75) is 31.4 Å². The summed E-state index contributed by atoms with van der Waals surface area (Å²) in [5.74, 6) is 0. The van der Waals surface area contributed by atoms with Crippen molar-refractivity contribution in [3.05, 3.63) is 35.4 Å². The smallest absolute Gasteiger partial charge is 0.0793 e. The molecule has 0 saturated heterocycles. The first-order valence-electron chi connectivity index (χ1n) is 5.81. The number of para-hydroxylation sites is 1. The van der Waals surface area contributed by atoms with Gasteiger partial charge in [-0.05, 0) is 25.3 Å². The van der Waals surface area contributed by atoms with Crippen LogP contribution in [-0.4, -0.2) is 17.3 Å². The van der Waals surface area contributed by atoms with Gasteiger partial charge in [-0.1, -0.05) is 18.2 Å². The van der Waals surface area contributed by atoms with Crippen LogP contribution in [0.1, 0.15) is 24.8 Å². The Balaban J connectivity index is 2.14. The summed E-state index contributed by atoms with van der Waals surface area (Å²) in [4.78, 5) is 0. The largest absolute Gasteiger partial charge is 0.398 e. The average Bonchev–Trinajstić information content (AvgIpc) is 2.29. The van der Waals surface area contributed by atoms with Gasteiger partial charge in [0.05, 0.1) is 12.1 Å². The number of aliphatic hydroxyl groups excluding tert-OH is 1. The Morgan fingerprint density at radius 1 is 1.25 bits per heavy atom. The zero-order valence-electron chi connectivity index (χ0n) is 9.11. The Morgan fingerprint density at radius 2 is 2.06 bits per heavy atom. The minimum absolute atomic E-state index is 0.221. The number of nitrogens with two attached hydrogens (primary N) is 1. The van der Waals surface area contributed by atoms with E-state index in [4.69, 9.17) is 5.73 Å². The van der Waals surface area contributed by atoms with Crippen molar-refractivity contribution >= 4 is 11.4 Å². The van der Waals surface area contributed by atoms with Crippen molar-refractivity contribution in [3.8, 4) is 0 Å². The molecule has 2 aliphatic rings. The second-order valence-corrected chi connectivity index (χ2v) is 4.56. The summed E-state index contributed by atoms with van der Waals surface area (Å²) >= 11 is 0. The first-order valence-corrected chi connectivity index (χ1v) is 5.81. The van der Waals surface area contributed by atoms with Gasteiger partial charge in [0.15, 0.2) is 0 Å². The lowest BCUT2D eigenvalue weighted by molar-refractivity contribution is 0.175. The van der Waals surface area contributed by atoms with Crippen LogP contribution >= 0.6 is 0 Å². The van der Waals surface area contributed by atoms with E-state index in [1.807, 2.05) is 24.3 Å². The van der Waals surface area contributed by atoms with Crippen LogP contribution in [0.15, 0.2) is 29.8 Å². The predicted molar refractivity (Wildman–Crippen MR) is 64.8 cm³/mol. The SMILES string of the molecule is NC1=C2C(CCC[C@H]2O)Nc2ccccc21. The minimum atomic E-state index is -0.375. The van der Waals surface area contributed by atoms with Crippen molar-refractivity contribution in [2.24, 2.45) is 5.73 Å². The maximum atomic E-state index is 10.0. The van der Waals surface area contributed by atoms with E-state index >= 15 is 0 Å². The second kappa shape index (κ2) is 3.52. The molecule has 0 amide bonds. The Labute approximate surface area is 95.0 Å². The van der Waals surface area contributed by atoms with Crippen molar-refractivity contribution in [1.29, 1.82) is 0 Å². The van der Waals surface area contributed by atoms with Crippen molar-refractivity contribution < 1.29 is 5.11 Å². The average molecular weight is 216 g/mol. The molecule has 0 radical (unpaired) electrons. The summed E-state index contributed by atoms with van der Waals surface area (Å²) in [7, 11) is 0. The van der Waals surface area contributed by atoms with E-state index in [-0.39, 0.29) is 12.1 Å². The van der Waals surface area contributed by atoms with E-state index in [1.54, 1.807) is 0 Å². The minimum Gasteiger partial charge on any atom is -0.398 e. The van der Waals surface area contributed by atoms with Gasteiger partial charge in [0.25, 0.3) is 0 Å². The quantitative estimate of drug-likeness (QED) is 0.618. The van der Waals surface area contributed by atoms with Gasteiger partial charge in [0.2, 0.25) is 0 Å². The molecule has 1 aromatic carbocycles. The summed E-state index contributed by atoms with van der Waals surface area (Å²) in [6.45, 7) is 0. The van der Waals surface area contributed by atoms with Gasteiger partial charge in [-0.2, -0.15) is 0 Å². The van der Waals surface area contributed by atoms with Crippen LogP contribution in [0.25, 0.3) is 5.70 Å². The topological polar surface area (TPSA) is 58.3 Å². The summed E-state index contributed by atoms with van der Waals surface area (Å²) in [6.07, 6.45) is 2.56. The third kappa shape index (κ3) is 1.32. The number of nitrogens with one attached hydrogen (secondary N) is 1. The van der Waals surface area contributed by atoms with Crippen LogP contribution in [0.2, 0.25) is 0 Å². The third-order valence-electron chi connectivity index (χ3n) is 3.56. The molecule has 1 fully saturated rings. The highest BCUT2D eigenvalue weighted by molar-refractivity contribution is 5.81. The molecular weight excluding hydrogens is 200 g/mol. The molecular formula is C13H16N2O. The number of hydrogen-bond acceptors (Lipinski definition) is 3. The lowest BCUT2D eigenvalue weighted by atomic mass is 9.82. The summed E-state index contributed by atoms with van der Waals surface area (Å²) in [5, 5.41) is 13.5. The fourth-order valence-electron chi connectivity index (χ4n) is 2.76. The van der Waals surface area contributed by atoms with E-state index in [2.05, 4.69) is 5.32 Å². The highest BCUT2D eigenvalue weighted by Gasteiger charge is 2.32. The molecule has 1 unspecified atom stereocenters. The molecule has 1 aliphatic carbocycles. The van der Waals surface area contributed by atoms with Gasteiger partial charge < -0.3 is 16.2 Å². The lowest BCUT2D eigenvalue weighted by Crippen LogP contribution is -2.38. The van der Waals surface area contributed by atoms with Crippen molar-refractivity contribution in [1.82, 2.24) is 0 Å². The normalized spacial score (nSPS) is 28.1. The van der Waals surface area contributed by atoms with Gasteiger partial charge in [0, 0.05) is 22.5 Å². The Morgan fingerprint density at radius 3 is 2.94 bits per heavy atom. The molecule has 4 N–H and O–H groups in total. The van der Waals surface area contributed by atoms with Crippen molar-refractivity contribution in [3.63, 3.8) is 0 Å². The van der Waals surface area contributed by atoms with Crippen LogP contribution in [0.5, 0.6) is 0 Å². The van der Waals surface area contributed by atoms with Crippen LogP contribution in [-0.2, 0) is 0 Å². The summed E-state index contributed by atoms with van der Waals surface area (Å²) < 4.78 is 0. The van der Waals surface area contributed by atoms with Crippen molar-refractivity contribution in [2.75, 3.05) is 5.32 Å². The number of rotatable bonds is 0. The van der Waals surface area contributed by atoms with Crippen LogP contribution in [0.4, 0.5) is 5.69 Å². The number of aliphatic hydroxyl groups is 1. The Kier molecular flexibility index (Phi) is 2.14. The van der Waals surface area contributed by atoms with Crippen LogP contribution < -0.4 is 11.1 Å². The first kappa shape index (κ1) is 9.73. The zero-order chi connectivity index (χ0) is 11.1. The molecule has 3 rings (SSSR count). The van der Waals surface area contributed by atoms with E-state index in [0.717, 1.165) is 41.8 Å². The predicted octanol–water partition coefficient (Wildman–Crippen LogP) is 1.70.